The van der Waals surface area contributed by atoms with Crippen molar-refractivity contribution in [2.45, 2.75) is 19.8 Å². The SMILES string of the molecule is CC(C)c1nc(-c2cccc(F)c2)c(N)s1. The summed E-state index contributed by atoms with van der Waals surface area (Å²) in [6, 6.07) is 6.35. The molecule has 0 bridgehead atoms. The average Bonchev–Trinajstić information content (AvgIpc) is 2.60. The summed E-state index contributed by atoms with van der Waals surface area (Å²) in [6.07, 6.45) is 0. The number of halogens is 1. The first-order valence-corrected chi connectivity index (χ1v) is 5.91. The summed E-state index contributed by atoms with van der Waals surface area (Å²) in [5.41, 5.74) is 7.32. The maximum absolute atomic E-state index is 13.1. The zero-order valence-electron chi connectivity index (χ0n) is 9.20. The number of thiazole rings is 1. The Balaban J connectivity index is 2.48. The fraction of sp³-hybridized carbons (Fsp3) is 0.250. The number of rotatable bonds is 2. The van der Waals surface area contributed by atoms with Gasteiger partial charge in [0.2, 0.25) is 0 Å². The number of aromatic nitrogens is 1. The van der Waals surface area contributed by atoms with Gasteiger partial charge in [-0.05, 0) is 12.1 Å². The summed E-state index contributed by atoms with van der Waals surface area (Å²) in [5.74, 6) is 0.0746. The average molecular weight is 236 g/mol. The third kappa shape index (κ3) is 2.07. The molecule has 84 valence electrons. The van der Waals surface area contributed by atoms with Crippen molar-refractivity contribution in [3.05, 3.63) is 35.1 Å². The monoisotopic (exact) mass is 236 g/mol. The van der Waals surface area contributed by atoms with Crippen LogP contribution < -0.4 is 5.73 Å². The van der Waals surface area contributed by atoms with Crippen molar-refractivity contribution in [3.63, 3.8) is 0 Å². The van der Waals surface area contributed by atoms with Gasteiger partial charge in [-0.15, -0.1) is 11.3 Å². The first-order chi connectivity index (χ1) is 7.58. The second-order valence-electron chi connectivity index (χ2n) is 3.93. The van der Waals surface area contributed by atoms with Gasteiger partial charge in [-0.2, -0.15) is 0 Å². The first kappa shape index (κ1) is 11.1. The second-order valence-corrected chi connectivity index (χ2v) is 4.99. The molecule has 0 unspecified atom stereocenters. The van der Waals surface area contributed by atoms with Gasteiger partial charge in [0.25, 0.3) is 0 Å². The van der Waals surface area contributed by atoms with Crippen molar-refractivity contribution in [2.24, 2.45) is 0 Å². The van der Waals surface area contributed by atoms with Crippen LogP contribution in [0.2, 0.25) is 0 Å². The summed E-state index contributed by atoms with van der Waals surface area (Å²) >= 11 is 1.47. The van der Waals surface area contributed by atoms with Gasteiger partial charge in [0.05, 0.1) is 5.01 Å². The van der Waals surface area contributed by atoms with Crippen molar-refractivity contribution in [1.82, 2.24) is 4.98 Å². The minimum absolute atomic E-state index is 0.268. The van der Waals surface area contributed by atoms with Crippen LogP contribution in [0.25, 0.3) is 11.3 Å². The zero-order chi connectivity index (χ0) is 11.7. The van der Waals surface area contributed by atoms with Gasteiger partial charge in [-0.25, -0.2) is 9.37 Å². The van der Waals surface area contributed by atoms with E-state index in [0.29, 0.717) is 16.6 Å². The molecule has 2 nitrogen and oxygen atoms in total. The number of benzene rings is 1. The molecule has 2 rings (SSSR count). The molecule has 1 aromatic heterocycles. The molecular weight excluding hydrogens is 223 g/mol. The zero-order valence-corrected chi connectivity index (χ0v) is 10.0. The number of hydrogen-bond acceptors (Lipinski definition) is 3. The molecule has 0 fully saturated rings. The molecule has 0 saturated heterocycles. The Morgan fingerprint density at radius 2 is 2.12 bits per heavy atom. The lowest BCUT2D eigenvalue weighted by Gasteiger charge is -1.98. The second kappa shape index (κ2) is 4.22. The largest absolute Gasteiger partial charge is 0.389 e. The summed E-state index contributed by atoms with van der Waals surface area (Å²) < 4.78 is 13.1. The minimum Gasteiger partial charge on any atom is -0.389 e. The van der Waals surface area contributed by atoms with Crippen molar-refractivity contribution in [1.29, 1.82) is 0 Å². The van der Waals surface area contributed by atoms with Crippen molar-refractivity contribution < 1.29 is 4.39 Å². The van der Waals surface area contributed by atoms with Crippen LogP contribution in [-0.2, 0) is 0 Å². The summed E-state index contributed by atoms with van der Waals surface area (Å²) in [6.45, 7) is 4.13. The van der Waals surface area contributed by atoms with Crippen LogP contribution in [0.3, 0.4) is 0 Å². The van der Waals surface area contributed by atoms with E-state index >= 15 is 0 Å². The quantitative estimate of drug-likeness (QED) is 0.864. The lowest BCUT2D eigenvalue weighted by atomic mass is 10.1. The summed E-state index contributed by atoms with van der Waals surface area (Å²) in [7, 11) is 0. The molecule has 0 amide bonds. The molecule has 4 heteroatoms. The number of anilines is 1. The first-order valence-electron chi connectivity index (χ1n) is 5.10. The van der Waals surface area contributed by atoms with Crippen LogP contribution in [0, 0.1) is 5.82 Å². The van der Waals surface area contributed by atoms with E-state index < -0.39 is 0 Å². The molecular formula is C12H13FN2S. The van der Waals surface area contributed by atoms with E-state index in [1.54, 1.807) is 6.07 Å². The topological polar surface area (TPSA) is 38.9 Å². The smallest absolute Gasteiger partial charge is 0.123 e. The standard InChI is InChI=1S/C12H13FN2S/c1-7(2)12-15-10(11(14)16-12)8-4-3-5-9(13)6-8/h3-7H,14H2,1-2H3. The molecule has 0 radical (unpaired) electrons. The molecule has 0 saturated carbocycles. The van der Waals surface area contributed by atoms with Gasteiger partial charge < -0.3 is 5.73 Å². The minimum atomic E-state index is -0.268. The highest BCUT2D eigenvalue weighted by atomic mass is 32.1. The molecule has 0 aliphatic carbocycles. The predicted octanol–water partition coefficient (Wildman–Crippen LogP) is 3.65. The van der Waals surface area contributed by atoms with Crippen molar-refractivity contribution >= 4 is 16.3 Å². The number of nitrogens with two attached hydrogens (primary N) is 1. The third-order valence-electron chi connectivity index (χ3n) is 2.26. The maximum Gasteiger partial charge on any atom is 0.123 e. The fourth-order valence-corrected chi connectivity index (χ4v) is 2.30. The van der Waals surface area contributed by atoms with Crippen LogP contribution in [0.5, 0.6) is 0 Å². The Hall–Kier alpha value is -1.42. The van der Waals surface area contributed by atoms with Crippen LogP contribution in [0.15, 0.2) is 24.3 Å². The van der Waals surface area contributed by atoms with Gasteiger partial charge in [0.1, 0.15) is 16.5 Å². The lowest BCUT2D eigenvalue weighted by molar-refractivity contribution is 0.628. The van der Waals surface area contributed by atoms with E-state index in [-0.39, 0.29) is 5.82 Å². The van der Waals surface area contributed by atoms with Gasteiger partial charge >= 0.3 is 0 Å². The molecule has 16 heavy (non-hydrogen) atoms. The van der Waals surface area contributed by atoms with E-state index in [9.17, 15) is 4.39 Å². The number of nitrogen functional groups attached to an aromatic ring is 1. The van der Waals surface area contributed by atoms with Crippen molar-refractivity contribution in [3.8, 4) is 11.3 Å². The highest BCUT2D eigenvalue weighted by molar-refractivity contribution is 7.16. The number of hydrogen-bond donors (Lipinski definition) is 1. The van der Waals surface area contributed by atoms with Crippen LogP contribution in [-0.4, -0.2) is 4.98 Å². The Kier molecular flexibility index (Phi) is 2.92. The predicted molar refractivity (Wildman–Crippen MR) is 66.0 cm³/mol. The Morgan fingerprint density at radius 1 is 1.38 bits per heavy atom. The van der Waals surface area contributed by atoms with Crippen LogP contribution >= 0.6 is 11.3 Å². The van der Waals surface area contributed by atoms with E-state index in [1.165, 1.54) is 23.5 Å². The Bertz CT molecular complexity index is 505. The van der Waals surface area contributed by atoms with Crippen LogP contribution in [0.1, 0.15) is 24.8 Å². The van der Waals surface area contributed by atoms with Gasteiger partial charge in [0.15, 0.2) is 0 Å². The van der Waals surface area contributed by atoms with E-state index in [1.807, 2.05) is 6.07 Å². The molecule has 2 N–H and O–H groups in total. The van der Waals surface area contributed by atoms with Crippen LogP contribution in [0.4, 0.5) is 9.39 Å². The van der Waals surface area contributed by atoms with Gasteiger partial charge in [-0.3, -0.25) is 0 Å². The molecule has 1 heterocycles. The molecule has 0 aliphatic rings. The summed E-state index contributed by atoms with van der Waals surface area (Å²) in [4.78, 5) is 4.45. The van der Waals surface area contributed by atoms with E-state index in [4.69, 9.17) is 5.73 Å². The highest BCUT2D eigenvalue weighted by Gasteiger charge is 2.12. The van der Waals surface area contributed by atoms with E-state index in [2.05, 4.69) is 18.8 Å². The van der Waals surface area contributed by atoms with Gasteiger partial charge in [0, 0.05) is 11.5 Å². The van der Waals surface area contributed by atoms with Gasteiger partial charge in [-0.1, -0.05) is 26.0 Å². The lowest BCUT2D eigenvalue weighted by Crippen LogP contribution is -1.88. The Morgan fingerprint density at radius 3 is 2.69 bits per heavy atom. The molecule has 0 aliphatic heterocycles. The normalized spacial score (nSPS) is 11.0. The molecule has 0 atom stereocenters. The van der Waals surface area contributed by atoms with Crippen molar-refractivity contribution in [2.75, 3.05) is 5.73 Å². The molecule has 1 aromatic carbocycles. The van der Waals surface area contributed by atoms with E-state index in [0.717, 1.165) is 10.6 Å². The highest BCUT2D eigenvalue weighted by Crippen LogP contribution is 2.33. The molecule has 2 aromatic rings. The fourth-order valence-electron chi connectivity index (χ4n) is 1.44. The molecule has 0 spiro atoms. The number of nitrogens with zero attached hydrogens (tertiary/aromatic N) is 1. The maximum atomic E-state index is 13.1. The third-order valence-corrected chi connectivity index (χ3v) is 3.45. The summed E-state index contributed by atoms with van der Waals surface area (Å²) in [5, 5.41) is 1.63. The Labute approximate surface area is 97.9 Å².